The van der Waals surface area contributed by atoms with Gasteiger partial charge in [0.1, 0.15) is 17.3 Å². The van der Waals surface area contributed by atoms with Gasteiger partial charge in [0, 0.05) is 34.2 Å². The van der Waals surface area contributed by atoms with E-state index < -0.39 is 23.5 Å². The van der Waals surface area contributed by atoms with Gasteiger partial charge in [-0.05, 0) is 36.8 Å². The van der Waals surface area contributed by atoms with Crippen LogP contribution in [0.1, 0.15) is 44.0 Å². The Kier molecular flexibility index (Phi) is 5.33. The zero-order valence-electron chi connectivity index (χ0n) is 17.5. The highest BCUT2D eigenvalue weighted by molar-refractivity contribution is 6.27. The van der Waals surface area contributed by atoms with Gasteiger partial charge < -0.3 is 21.1 Å². The minimum absolute atomic E-state index is 0.0752. The minimum Gasteiger partial charge on any atom is -0.477 e. The van der Waals surface area contributed by atoms with Gasteiger partial charge in [0.05, 0.1) is 17.6 Å². The maximum absolute atomic E-state index is 14.7. The molecule has 0 bridgehead atoms. The van der Waals surface area contributed by atoms with Crippen LogP contribution in [0.2, 0.25) is 0 Å². The van der Waals surface area contributed by atoms with Gasteiger partial charge in [0.15, 0.2) is 5.78 Å². The maximum Gasteiger partial charge on any atom is 0.353 e. The SMILES string of the molecule is Cc1cc2c(C3=CC=CCC3=O)c(C(=O)O)n(Cc3cc(C(N)=O)c(N)cc3F)c2cc1F. The molecule has 0 spiro atoms. The molecule has 2 aromatic carbocycles. The molecule has 1 amide bonds. The van der Waals surface area contributed by atoms with Crippen molar-refractivity contribution in [2.45, 2.75) is 19.9 Å². The zero-order valence-corrected chi connectivity index (χ0v) is 17.5. The van der Waals surface area contributed by atoms with Crippen molar-refractivity contribution < 1.29 is 28.3 Å². The van der Waals surface area contributed by atoms with Gasteiger partial charge >= 0.3 is 5.97 Å². The quantitative estimate of drug-likeness (QED) is 0.511. The highest BCUT2D eigenvalue weighted by Crippen LogP contribution is 2.36. The van der Waals surface area contributed by atoms with Crippen molar-refractivity contribution in [2.24, 2.45) is 5.73 Å². The fraction of sp³-hybridized carbons (Fsp3) is 0.125. The largest absolute Gasteiger partial charge is 0.477 e. The predicted octanol–water partition coefficient (Wildman–Crippen LogP) is 3.57. The summed E-state index contributed by atoms with van der Waals surface area (Å²) in [7, 11) is 0. The average molecular weight is 451 g/mol. The van der Waals surface area contributed by atoms with E-state index in [9.17, 15) is 28.3 Å². The Hall–Kier alpha value is -4.27. The molecule has 33 heavy (non-hydrogen) atoms. The van der Waals surface area contributed by atoms with Crippen LogP contribution in [-0.4, -0.2) is 27.3 Å². The number of hydrogen-bond acceptors (Lipinski definition) is 4. The summed E-state index contributed by atoms with van der Waals surface area (Å²) in [5, 5.41) is 10.4. The predicted molar refractivity (Wildman–Crippen MR) is 119 cm³/mol. The van der Waals surface area contributed by atoms with Crippen LogP contribution in [-0.2, 0) is 11.3 Å². The number of hydrogen-bond donors (Lipinski definition) is 3. The first kappa shape index (κ1) is 21.9. The summed E-state index contributed by atoms with van der Waals surface area (Å²) in [6.07, 6.45) is 4.88. The highest BCUT2D eigenvalue weighted by atomic mass is 19.1. The number of carbonyl (C=O) groups excluding carboxylic acids is 2. The van der Waals surface area contributed by atoms with Gasteiger partial charge in [-0.1, -0.05) is 18.2 Å². The number of carboxylic acid groups (broad SMARTS) is 1. The second-order valence-electron chi connectivity index (χ2n) is 7.76. The van der Waals surface area contributed by atoms with Gasteiger partial charge in [-0.15, -0.1) is 0 Å². The van der Waals surface area contributed by atoms with Gasteiger partial charge in [-0.25, -0.2) is 13.6 Å². The van der Waals surface area contributed by atoms with Crippen molar-refractivity contribution in [1.29, 1.82) is 0 Å². The fourth-order valence-corrected chi connectivity index (χ4v) is 4.04. The molecule has 0 saturated carbocycles. The number of nitrogens with two attached hydrogens (primary N) is 2. The minimum atomic E-state index is -1.38. The number of anilines is 1. The molecule has 1 heterocycles. The number of nitrogens with zero attached hydrogens (tertiary/aromatic N) is 1. The van der Waals surface area contributed by atoms with Crippen molar-refractivity contribution in [2.75, 3.05) is 5.73 Å². The van der Waals surface area contributed by atoms with Gasteiger partial charge in [-0.3, -0.25) is 9.59 Å². The fourth-order valence-electron chi connectivity index (χ4n) is 4.04. The molecular formula is C24H19F2N3O4. The average Bonchev–Trinajstić information content (AvgIpc) is 3.03. The molecule has 0 atom stereocenters. The van der Waals surface area contributed by atoms with E-state index in [0.717, 1.165) is 18.2 Å². The standard InChI is InChI=1S/C24H19F2N3O4/c1-11-6-15-19(9-16(11)25)29(10-12-7-14(23(28)31)18(27)8-17(12)26)22(24(32)33)21(15)13-4-2-3-5-20(13)30/h2-4,6-9H,5,10,27H2,1H3,(H2,28,31)(H,32,33). The summed E-state index contributed by atoms with van der Waals surface area (Å²) < 4.78 is 30.5. The number of halogens is 2. The lowest BCUT2D eigenvalue weighted by Gasteiger charge is -2.13. The van der Waals surface area contributed by atoms with Crippen molar-refractivity contribution in [3.63, 3.8) is 0 Å². The van der Waals surface area contributed by atoms with E-state index in [0.29, 0.717) is 5.39 Å². The number of carboxylic acids is 1. The number of Topliss-reactive ketones (excluding diaryl/α,β-unsaturated/α-hetero) is 1. The first-order valence-corrected chi connectivity index (χ1v) is 9.93. The van der Waals surface area contributed by atoms with E-state index in [1.54, 1.807) is 12.2 Å². The number of aryl methyl sites for hydroxylation is 1. The van der Waals surface area contributed by atoms with E-state index in [1.807, 2.05) is 0 Å². The second kappa shape index (κ2) is 8.01. The zero-order chi connectivity index (χ0) is 24.0. The molecule has 0 unspecified atom stereocenters. The molecule has 0 aliphatic heterocycles. The number of rotatable bonds is 5. The van der Waals surface area contributed by atoms with Crippen LogP contribution in [0, 0.1) is 18.6 Å². The molecule has 0 saturated heterocycles. The summed E-state index contributed by atoms with van der Waals surface area (Å²) in [5.41, 5.74) is 11.0. The van der Waals surface area contributed by atoms with Crippen LogP contribution in [0.5, 0.6) is 0 Å². The number of allylic oxidation sites excluding steroid dienone is 4. The first-order valence-electron chi connectivity index (χ1n) is 9.93. The Bertz CT molecular complexity index is 1430. The van der Waals surface area contributed by atoms with Crippen molar-refractivity contribution in [3.8, 4) is 0 Å². The molecule has 168 valence electrons. The third-order valence-corrected chi connectivity index (χ3v) is 5.63. The number of aromatic carboxylic acids is 1. The Morgan fingerprint density at radius 3 is 2.52 bits per heavy atom. The lowest BCUT2D eigenvalue weighted by molar-refractivity contribution is -0.113. The summed E-state index contributed by atoms with van der Waals surface area (Å²) >= 11 is 0. The first-order chi connectivity index (χ1) is 15.6. The topological polar surface area (TPSA) is 128 Å². The van der Waals surface area contributed by atoms with Gasteiger partial charge in [0.2, 0.25) is 0 Å². The number of primary amides is 1. The van der Waals surface area contributed by atoms with E-state index in [2.05, 4.69) is 0 Å². The molecule has 4 rings (SSSR count). The van der Waals surface area contributed by atoms with Crippen molar-refractivity contribution in [3.05, 3.63) is 82.1 Å². The molecule has 0 radical (unpaired) electrons. The van der Waals surface area contributed by atoms with Crippen molar-refractivity contribution in [1.82, 2.24) is 4.57 Å². The molecular weight excluding hydrogens is 432 g/mol. The van der Waals surface area contributed by atoms with Gasteiger partial charge in [0.25, 0.3) is 5.91 Å². The molecule has 7 nitrogen and oxygen atoms in total. The Morgan fingerprint density at radius 1 is 1.15 bits per heavy atom. The van der Waals surface area contributed by atoms with E-state index in [1.165, 1.54) is 23.6 Å². The van der Waals surface area contributed by atoms with E-state index in [4.69, 9.17) is 11.5 Å². The van der Waals surface area contributed by atoms with Crippen LogP contribution < -0.4 is 11.5 Å². The summed E-state index contributed by atoms with van der Waals surface area (Å²) in [6, 6.07) is 4.67. The molecule has 5 N–H and O–H groups in total. The lowest BCUT2D eigenvalue weighted by Crippen LogP contribution is -2.17. The maximum atomic E-state index is 14.7. The highest BCUT2D eigenvalue weighted by Gasteiger charge is 2.29. The molecule has 1 aliphatic carbocycles. The molecule has 1 aromatic heterocycles. The smallest absolute Gasteiger partial charge is 0.353 e. The summed E-state index contributed by atoms with van der Waals surface area (Å²) in [4.78, 5) is 36.7. The van der Waals surface area contributed by atoms with Crippen LogP contribution >= 0.6 is 0 Å². The van der Waals surface area contributed by atoms with Crippen molar-refractivity contribution >= 4 is 39.8 Å². The van der Waals surface area contributed by atoms with Crippen LogP contribution in [0.3, 0.4) is 0 Å². The lowest BCUT2D eigenvalue weighted by atomic mass is 9.93. The van der Waals surface area contributed by atoms with Gasteiger partial charge in [-0.2, -0.15) is 0 Å². The van der Waals surface area contributed by atoms with Crippen LogP contribution in [0.4, 0.5) is 14.5 Å². The normalized spacial score (nSPS) is 13.4. The van der Waals surface area contributed by atoms with Crippen LogP contribution in [0.25, 0.3) is 16.5 Å². The summed E-state index contributed by atoms with van der Waals surface area (Å²) in [6.45, 7) is 1.15. The molecule has 1 aliphatic rings. The molecule has 3 aromatic rings. The Balaban J connectivity index is 2.05. The second-order valence-corrected chi connectivity index (χ2v) is 7.76. The van der Waals surface area contributed by atoms with Crippen LogP contribution in [0.15, 0.2) is 42.5 Å². The van der Waals surface area contributed by atoms with E-state index in [-0.39, 0.29) is 63.5 Å². The van der Waals surface area contributed by atoms with E-state index >= 15 is 0 Å². The number of benzene rings is 2. The third kappa shape index (κ3) is 3.67. The number of fused-ring (bicyclic) bond motifs is 1. The number of carbonyl (C=O) groups is 3. The molecule has 0 fully saturated rings. The number of ketones is 1. The Morgan fingerprint density at radius 2 is 1.88 bits per heavy atom. The Labute approximate surface area is 186 Å². The summed E-state index contributed by atoms with van der Waals surface area (Å²) in [5.74, 6) is -3.94. The third-order valence-electron chi connectivity index (χ3n) is 5.63. The number of nitrogen functional groups attached to an aromatic ring is 1. The monoisotopic (exact) mass is 451 g/mol. The molecule has 9 heteroatoms. The number of amides is 1. The number of aromatic nitrogens is 1.